The monoisotopic (exact) mass is 472 g/mol. The number of hydrogen-bond acceptors (Lipinski definition) is 5. The molecule has 2 amide bonds. The van der Waals surface area contributed by atoms with Crippen molar-refractivity contribution in [2.75, 3.05) is 23.2 Å². The van der Waals surface area contributed by atoms with Gasteiger partial charge in [-0.3, -0.25) is 9.59 Å². The first-order chi connectivity index (χ1) is 13.6. The summed E-state index contributed by atoms with van der Waals surface area (Å²) in [6, 6.07) is 8.56. The minimum absolute atomic E-state index is 0.0476. The SMILES string of the molecule is Cc1ccc(S(C)(=O)=O)c(C(=O)N2CSCC2C(=O)Nc2ccc(Cl)c(Cl)c2)c1. The van der Waals surface area contributed by atoms with E-state index < -0.39 is 21.8 Å². The van der Waals surface area contributed by atoms with E-state index in [0.717, 1.165) is 11.8 Å². The van der Waals surface area contributed by atoms with Gasteiger partial charge in [0.2, 0.25) is 5.91 Å². The number of nitrogens with one attached hydrogen (secondary N) is 1. The van der Waals surface area contributed by atoms with Gasteiger partial charge in [0.05, 0.1) is 26.4 Å². The molecule has 0 aromatic heterocycles. The maximum absolute atomic E-state index is 13.2. The molecular weight excluding hydrogens is 455 g/mol. The maximum Gasteiger partial charge on any atom is 0.256 e. The van der Waals surface area contributed by atoms with Crippen LogP contribution in [0, 0.1) is 6.92 Å². The average molecular weight is 473 g/mol. The number of anilines is 1. The Balaban J connectivity index is 1.87. The third-order valence-electron chi connectivity index (χ3n) is 4.40. The predicted molar refractivity (Wildman–Crippen MR) is 117 cm³/mol. The molecule has 154 valence electrons. The Kier molecular flexibility index (Phi) is 6.48. The van der Waals surface area contributed by atoms with Crippen molar-refractivity contribution in [2.45, 2.75) is 17.9 Å². The second-order valence-corrected chi connectivity index (χ2v) is 10.5. The zero-order valence-electron chi connectivity index (χ0n) is 15.6. The molecule has 1 fully saturated rings. The molecule has 1 N–H and O–H groups in total. The van der Waals surface area contributed by atoms with Crippen molar-refractivity contribution in [3.8, 4) is 0 Å². The summed E-state index contributed by atoms with van der Waals surface area (Å²) in [6.45, 7) is 1.77. The predicted octanol–water partition coefficient (Wildman–Crippen LogP) is 3.86. The van der Waals surface area contributed by atoms with E-state index in [1.165, 1.54) is 34.9 Å². The highest BCUT2D eigenvalue weighted by atomic mass is 35.5. The number of hydrogen-bond donors (Lipinski definition) is 1. The van der Waals surface area contributed by atoms with Crippen LogP contribution in [0.1, 0.15) is 15.9 Å². The number of halogens is 2. The van der Waals surface area contributed by atoms with Crippen LogP contribution in [0.5, 0.6) is 0 Å². The van der Waals surface area contributed by atoms with Gasteiger partial charge in [0, 0.05) is 17.7 Å². The Morgan fingerprint density at radius 1 is 1.14 bits per heavy atom. The van der Waals surface area contributed by atoms with Crippen LogP contribution in [0.15, 0.2) is 41.3 Å². The Labute approximate surface area is 183 Å². The van der Waals surface area contributed by atoms with Gasteiger partial charge in [-0.05, 0) is 37.3 Å². The van der Waals surface area contributed by atoms with E-state index in [9.17, 15) is 18.0 Å². The van der Waals surface area contributed by atoms with Crippen molar-refractivity contribution in [3.63, 3.8) is 0 Å². The van der Waals surface area contributed by atoms with Gasteiger partial charge in [0.1, 0.15) is 6.04 Å². The summed E-state index contributed by atoms with van der Waals surface area (Å²) in [5.74, 6) is -0.183. The van der Waals surface area contributed by atoms with Gasteiger partial charge in [-0.15, -0.1) is 11.8 Å². The normalized spacial score (nSPS) is 16.7. The Morgan fingerprint density at radius 3 is 2.52 bits per heavy atom. The number of amides is 2. The van der Waals surface area contributed by atoms with Crippen LogP contribution in [0.25, 0.3) is 0 Å². The smallest absolute Gasteiger partial charge is 0.256 e. The van der Waals surface area contributed by atoms with Crippen molar-refractivity contribution < 1.29 is 18.0 Å². The first-order valence-electron chi connectivity index (χ1n) is 8.53. The summed E-state index contributed by atoms with van der Waals surface area (Å²) in [5.41, 5.74) is 1.29. The zero-order chi connectivity index (χ0) is 21.3. The van der Waals surface area contributed by atoms with E-state index >= 15 is 0 Å². The van der Waals surface area contributed by atoms with Crippen LogP contribution in [0.4, 0.5) is 5.69 Å². The standard InChI is InChI=1S/C19H18Cl2N2O4S2/c1-11-3-6-17(29(2,26)27)13(7-11)19(25)23-10-28-9-16(23)18(24)22-12-4-5-14(20)15(21)8-12/h3-8,16H,9-10H2,1-2H3,(H,22,24). The van der Waals surface area contributed by atoms with Crippen LogP contribution >= 0.6 is 35.0 Å². The lowest BCUT2D eigenvalue weighted by Crippen LogP contribution is -2.44. The van der Waals surface area contributed by atoms with Crippen LogP contribution in [0.3, 0.4) is 0 Å². The fraction of sp³-hybridized carbons (Fsp3) is 0.263. The van der Waals surface area contributed by atoms with E-state index in [-0.39, 0.29) is 22.2 Å². The van der Waals surface area contributed by atoms with Gasteiger partial charge >= 0.3 is 0 Å². The lowest BCUT2D eigenvalue weighted by atomic mass is 10.1. The summed E-state index contributed by atoms with van der Waals surface area (Å²) < 4.78 is 24.2. The molecule has 2 aromatic carbocycles. The van der Waals surface area contributed by atoms with E-state index in [4.69, 9.17) is 23.2 Å². The Hall–Kier alpha value is -1.74. The van der Waals surface area contributed by atoms with Gasteiger partial charge in [-0.25, -0.2) is 8.42 Å². The molecule has 1 saturated heterocycles. The topological polar surface area (TPSA) is 83.6 Å². The van der Waals surface area contributed by atoms with E-state index in [1.807, 2.05) is 0 Å². The fourth-order valence-corrected chi connectivity index (χ4v) is 5.26. The van der Waals surface area contributed by atoms with Crippen molar-refractivity contribution >= 4 is 62.3 Å². The van der Waals surface area contributed by atoms with Crippen LogP contribution in [-0.2, 0) is 14.6 Å². The number of benzene rings is 2. The third kappa shape index (κ3) is 4.88. The summed E-state index contributed by atoms with van der Waals surface area (Å²) in [5, 5.41) is 3.40. The number of sulfone groups is 1. The number of thioether (sulfide) groups is 1. The van der Waals surface area contributed by atoms with Crippen LogP contribution < -0.4 is 5.32 Å². The first-order valence-corrected chi connectivity index (χ1v) is 12.3. The van der Waals surface area contributed by atoms with Crippen molar-refractivity contribution in [2.24, 2.45) is 0 Å². The number of carbonyl (C=O) groups excluding carboxylic acids is 2. The molecule has 0 spiro atoms. The number of rotatable bonds is 4. The van der Waals surface area contributed by atoms with Gasteiger partial charge in [0.15, 0.2) is 9.84 Å². The quantitative estimate of drug-likeness (QED) is 0.729. The Bertz CT molecular complexity index is 1090. The molecule has 6 nitrogen and oxygen atoms in total. The number of aryl methyl sites for hydroxylation is 1. The lowest BCUT2D eigenvalue weighted by Gasteiger charge is -2.24. The molecule has 29 heavy (non-hydrogen) atoms. The molecule has 1 aliphatic rings. The highest BCUT2D eigenvalue weighted by Gasteiger charge is 2.36. The van der Waals surface area contributed by atoms with E-state index in [0.29, 0.717) is 21.5 Å². The maximum atomic E-state index is 13.2. The molecule has 0 bridgehead atoms. The third-order valence-corrected chi connectivity index (χ3v) is 7.30. The van der Waals surface area contributed by atoms with Gasteiger partial charge in [0.25, 0.3) is 5.91 Å². The highest BCUT2D eigenvalue weighted by Crippen LogP contribution is 2.29. The van der Waals surface area contributed by atoms with E-state index in [1.54, 1.807) is 25.1 Å². The largest absolute Gasteiger partial charge is 0.324 e. The first kappa shape index (κ1) is 22.0. The average Bonchev–Trinajstić information content (AvgIpc) is 3.13. The van der Waals surface area contributed by atoms with Crippen molar-refractivity contribution in [1.82, 2.24) is 4.90 Å². The fourth-order valence-electron chi connectivity index (χ4n) is 2.95. The molecule has 0 aliphatic carbocycles. The zero-order valence-corrected chi connectivity index (χ0v) is 18.8. The van der Waals surface area contributed by atoms with Gasteiger partial charge in [-0.1, -0.05) is 34.8 Å². The molecule has 1 atom stereocenters. The second-order valence-electron chi connectivity index (χ2n) is 6.68. The second kappa shape index (κ2) is 8.55. The van der Waals surface area contributed by atoms with Crippen molar-refractivity contribution in [1.29, 1.82) is 0 Å². The summed E-state index contributed by atoms with van der Waals surface area (Å²) >= 11 is 13.3. The lowest BCUT2D eigenvalue weighted by molar-refractivity contribution is -0.119. The molecule has 2 aromatic rings. The van der Waals surface area contributed by atoms with Crippen LogP contribution in [0.2, 0.25) is 10.0 Å². The summed E-state index contributed by atoms with van der Waals surface area (Å²) in [4.78, 5) is 27.3. The van der Waals surface area contributed by atoms with Crippen LogP contribution in [-0.4, -0.2) is 49.1 Å². The minimum atomic E-state index is -3.60. The highest BCUT2D eigenvalue weighted by molar-refractivity contribution is 7.99. The summed E-state index contributed by atoms with van der Waals surface area (Å²) in [6.07, 6.45) is 1.06. The summed E-state index contributed by atoms with van der Waals surface area (Å²) in [7, 11) is -3.60. The van der Waals surface area contributed by atoms with Gasteiger partial charge in [-0.2, -0.15) is 0 Å². The molecular formula is C19H18Cl2N2O4S2. The Morgan fingerprint density at radius 2 is 1.86 bits per heavy atom. The van der Waals surface area contributed by atoms with E-state index in [2.05, 4.69) is 5.32 Å². The molecule has 10 heteroatoms. The molecule has 0 radical (unpaired) electrons. The molecule has 1 unspecified atom stereocenters. The molecule has 0 saturated carbocycles. The van der Waals surface area contributed by atoms with Gasteiger partial charge < -0.3 is 10.2 Å². The number of carbonyl (C=O) groups is 2. The minimum Gasteiger partial charge on any atom is -0.324 e. The molecule has 1 aliphatic heterocycles. The molecule has 3 rings (SSSR count). The van der Waals surface area contributed by atoms with Crippen molar-refractivity contribution in [3.05, 3.63) is 57.6 Å². The molecule has 1 heterocycles. The number of nitrogens with zero attached hydrogens (tertiary/aromatic N) is 1.